The molecule has 5 unspecified atom stereocenters. The highest BCUT2D eigenvalue weighted by Gasteiger charge is 3.01. The van der Waals surface area contributed by atoms with Crippen molar-refractivity contribution in [1.82, 2.24) is 9.78 Å². The van der Waals surface area contributed by atoms with Crippen LogP contribution in [0, 0.1) is 16.7 Å². The molecular weight excluding hydrogens is 374 g/mol. The van der Waals surface area contributed by atoms with Crippen LogP contribution in [0.3, 0.4) is 0 Å². The van der Waals surface area contributed by atoms with Gasteiger partial charge in [-0.2, -0.15) is 5.10 Å². The molecule has 4 fully saturated rings. The van der Waals surface area contributed by atoms with Crippen LogP contribution in [0.15, 0.2) is 30.5 Å². The Morgan fingerprint density at radius 3 is 2.62 bits per heavy atom. The van der Waals surface area contributed by atoms with Crippen LogP contribution in [-0.4, -0.2) is 34.5 Å². The summed E-state index contributed by atoms with van der Waals surface area (Å²) in [4.78, 5) is 13.1. The minimum atomic E-state index is -1.30. The minimum absolute atomic E-state index is 0.0616. The van der Waals surface area contributed by atoms with Gasteiger partial charge in [-0.15, -0.1) is 0 Å². The van der Waals surface area contributed by atoms with Crippen molar-refractivity contribution in [2.45, 2.75) is 43.6 Å². The summed E-state index contributed by atoms with van der Waals surface area (Å²) in [6, 6.07) is 8.32. The standard InChI is InChI=1S/C12H14N4.C10H10F2O/c1-15-8-9-7-13-16(2)12(9)14-10-5-3-4-6-11(10)15;11-8-2-6-1-7(5-13)3-9(12,4-8)10(6,7)8/h3-7,14H,8H2,1-2H3;5-6H,1-4H2. The molecule has 1 spiro atoms. The van der Waals surface area contributed by atoms with Gasteiger partial charge in [0.1, 0.15) is 23.4 Å². The predicted molar refractivity (Wildman–Crippen MR) is 106 cm³/mol. The van der Waals surface area contributed by atoms with Crippen LogP contribution in [0.1, 0.15) is 31.2 Å². The number of nitrogens with one attached hydrogen (secondary N) is 1. The van der Waals surface area contributed by atoms with Gasteiger partial charge in [-0.25, -0.2) is 8.78 Å². The summed E-state index contributed by atoms with van der Waals surface area (Å²) in [6.07, 6.45) is 4.36. The first kappa shape index (κ1) is 17.4. The number of fused-ring (bicyclic) bond motifs is 2. The van der Waals surface area contributed by atoms with E-state index in [-0.39, 0.29) is 12.3 Å². The van der Waals surface area contributed by atoms with Gasteiger partial charge in [-0.3, -0.25) is 4.68 Å². The highest BCUT2D eigenvalue weighted by atomic mass is 19.2. The number of alkyl halides is 2. The molecule has 5 atom stereocenters. The zero-order chi connectivity index (χ0) is 20.2. The number of aryl methyl sites for hydroxylation is 1. The van der Waals surface area contributed by atoms with Crippen LogP contribution < -0.4 is 10.2 Å². The Bertz CT molecular complexity index is 1050. The van der Waals surface area contributed by atoms with Gasteiger partial charge in [0.15, 0.2) is 0 Å². The number of aromatic nitrogens is 2. The molecule has 152 valence electrons. The molecule has 1 aromatic carbocycles. The normalized spacial score (nSPS) is 41.7. The summed E-state index contributed by atoms with van der Waals surface area (Å²) in [5.41, 5.74) is -0.438. The lowest BCUT2D eigenvalue weighted by Crippen LogP contribution is -2.98. The molecule has 1 aromatic heterocycles. The van der Waals surface area contributed by atoms with Crippen LogP contribution in [0.4, 0.5) is 26.0 Å². The van der Waals surface area contributed by atoms with Gasteiger partial charge in [-0.1, -0.05) is 12.1 Å². The second kappa shape index (κ2) is 4.99. The SMILES string of the molecule is CN1Cc2cnn(C)c2Nc2ccccc21.O=CC12CC3CC4(F)CC(F)(C1)C342. The van der Waals surface area contributed by atoms with Gasteiger partial charge in [0, 0.05) is 38.0 Å². The van der Waals surface area contributed by atoms with E-state index in [1.165, 1.54) is 11.3 Å². The molecule has 0 saturated heterocycles. The Morgan fingerprint density at radius 1 is 1.17 bits per heavy atom. The van der Waals surface area contributed by atoms with Gasteiger partial charge in [0.25, 0.3) is 0 Å². The first-order chi connectivity index (χ1) is 13.8. The van der Waals surface area contributed by atoms with Crippen LogP contribution in [0.5, 0.6) is 0 Å². The molecular formula is C22H24F2N4O. The smallest absolute Gasteiger partial charge is 0.133 e. The van der Waals surface area contributed by atoms with E-state index in [0.29, 0.717) is 12.8 Å². The predicted octanol–water partition coefficient (Wildman–Crippen LogP) is 3.92. The molecule has 5 nitrogen and oxygen atoms in total. The maximum Gasteiger partial charge on any atom is 0.133 e. The molecule has 7 heteroatoms. The molecule has 29 heavy (non-hydrogen) atoms. The molecule has 2 heterocycles. The fourth-order valence-corrected chi connectivity index (χ4v) is 7.52. The van der Waals surface area contributed by atoms with Crippen molar-refractivity contribution in [2.75, 3.05) is 17.3 Å². The van der Waals surface area contributed by atoms with Gasteiger partial charge in [-0.05, 0) is 37.3 Å². The second-order valence-corrected chi connectivity index (χ2v) is 9.61. The van der Waals surface area contributed by atoms with Crippen LogP contribution in [0.2, 0.25) is 0 Å². The van der Waals surface area contributed by atoms with Gasteiger partial charge in [0.05, 0.1) is 23.0 Å². The lowest BCUT2D eigenvalue weighted by molar-refractivity contribution is -0.492. The van der Waals surface area contributed by atoms with E-state index in [0.717, 1.165) is 30.8 Å². The number of halogens is 2. The average Bonchev–Trinajstić information content (AvgIpc) is 2.90. The van der Waals surface area contributed by atoms with Crippen molar-refractivity contribution in [3.63, 3.8) is 0 Å². The average molecular weight is 398 g/mol. The van der Waals surface area contributed by atoms with E-state index >= 15 is 0 Å². The number of benzene rings is 1. The van der Waals surface area contributed by atoms with Crippen molar-refractivity contribution in [1.29, 1.82) is 0 Å². The van der Waals surface area contributed by atoms with Crippen LogP contribution in [-0.2, 0) is 18.4 Å². The van der Waals surface area contributed by atoms with Crippen molar-refractivity contribution in [3.05, 3.63) is 36.0 Å². The quantitative estimate of drug-likeness (QED) is 0.740. The molecule has 0 amide bonds. The van der Waals surface area contributed by atoms with E-state index in [1.54, 1.807) is 0 Å². The summed E-state index contributed by atoms with van der Waals surface area (Å²) < 4.78 is 29.7. The van der Waals surface area contributed by atoms with Crippen molar-refractivity contribution < 1.29 is 13.6 Å². The van der Waals surface area contributed by atoms with E-state index < -0.39 is 22.2 Å². The number of nitrogens with zero attached hydrogens (tertiary/aromatic N) is 3. The summed E-state index contributed by atoms with van der Waals surface area (Å²) in [5, 5.41) is 7.72. The number of aldehydes is 1. The maximum atomic E-state index is 13.9. The Balaban J connectivity index is 0.000000116. The lowest BCUT2D eigenvalue weighted by Gasteiger charge is -2.92. The number of carbonyl (C=O) groups is 1. The summed E-state index contributed by atoms with van der Waals surface area (Å²) in [7, 11) is 4.06. The first-order valence-corrected chi connectivity index (χ1v) is 10.2. The molecule has 7 rings (SSSR count). The number of hydrogen-bond acceptors (Lipinski definition) is 4. The van der Waals surface area contributed by atoms with Crippen molar-refractivity contribution >= 4 is 23.5 Å². The third kappa shape index (κ3) is 1.69. The third-order valence-corrected chi connectivity index (χ3v) is 8.36. The summed E-state index contributed by atoms with van der Waals surface area (Å²) in [5.74, 6) is 1.26. The summed E-state index contributed by atoms with van der Waals surface area (Å²) in [6.45, 7) is 0.882. The molecule has 1 N–H and O–H groups in total. The van der Waals surface area contributed by atoms with Gasteiger partial charge >= 0.3 is 0 Å². The van der Waals surface area contributed by atoms with Gasteiger partial charge < -0.3 is 15.0 Å². The lowest BCUT2D eigenvalue weighted by atomic mass is 9.11. The molecule has 0 bridgehead atoms. The number of anilines is 3. The maximum absolute atomic E-state index is 13.9. The monoisotopic (exact) mass is 398 g/mol. The van der Waals surface area contributed by atoms with E-state index in [9.17, 15) is 13.6 Å². The van der Waals surface area contributed by atoms with Crippen LogP contribution >= 0.6 is 0 Å². The minimum Gasteiger partial charge on any atom is -0.368 e. The molecule has 5 aliphatic rings. The second-order valence-electron chi connectivity index (χ2n) is 9.61. The Hall–Kier alpha value is -2.44. The zero-order valence-electron chi connectivity index (χ0n) is 16.6. The van der Waals surface area contributed by atoms with Crippen molar-refractivity contribution in [3.8, 4) is 0 Å². The van der Waals surface area contributed by atoms with Crippen molar-refractivity contribution in [2.24, 2.45) is 23.8 Å². The fraction of sp³-hybridized carbons (Fsp3) is 0.545. The highest BCUT2D eigenvalue weighted by molar-refractivity contribution is 5.77. The highest BCUT2D eigenvalue weighted by Crippen LogP contribution is 2.96. The third-order valence-electron chi connectivity index (χ3n) is 8.36. The largest absolute Gasteiger partial charge is 0.368 e. The van der Waals surface area contributed by atoms with Crippen LogP contribution in [0.25, 0.3) is 0 Å². The van der Waals surface area contributed by atoms with E-state index in [2.05, 4.69) is 40.6 Å². The fourth-order valence-electron chi connectivity index (χ4n) is 7.52. The first-order valence-electron chi connectivity index (χ1n) is 10.2. The molecule has 0 radical (unpaired) electrons. The molecule has 2 aromatic rings. The Morgan fingerprint density at radius 2 is 1.97 bits per heavy atom. The molecule has 4 saturated carbocycles. The number of rotatable bonds is 1. The van der Waals surface area contributed by atoms with E-state index in [4.69, 9.17) is 0 Å². The molecule has 4 aliphatic carbocycles. The number of carbonyl (C=O) groups excluding carboxylic acids is 1. The Labute approximate surface area is 168 Å². The molecule has 1 aliphatic heterocycles. The zero-order valence-corrected chi connectivity index (χ0v) is 16.6. The topological polar surface area (TPSA) is 50.2 Å². The Kier molecular flexibility index (Phi) is 3.00. The van der Waals surface area contributed by atoms with E-state index in [1.807, 2.05) is 24.0 Å². The number of para-hydroxylation sites is 2. The number of hydrogen-bond donors (Lipinski definition) is 1. The summed E-state index contributed by atoms with van der Waals surface area (Å²) >= 11 is 0. The van der Waals surface area contributed by atoms with Gasteiger partial charge in [0.2, 0.25) is 0 Å².